The van der Waals surface area contributed by atoms with Gasteiger partial charge in [0.15, 0.2) is 0 Å². The lowest BCUT2D eigenvalue weighted by atomic mass is 9.31. The number of aliphatic hydroxyl groups excluding tert-OH is 1. The van der Waals surface area contributed by atoms with Gasteiger partial charge in [-0.2, -0.15) is 0 Å². The van der Waals surface area contributed by atoms with E-state index in [4.69, 9.17) is 0 Å². The van der Waals surface area contributed by atoms with Crippen molar-refractivity contribution >= 4 is 0 Å². The molecule has 0 saturated heterocycles. The Balaban J connectivity index is 1.54. The third-order valence-electron chi connectivity index (χ3n) is 14.0. The van der Waals surface area contributed by atoms with Crippen molar-refractivity contribution in [2.45, 2.75) is 126 Å². The fourth-order valence-corrected chi connectivity index (χ4v) is 11.7. The van der Waals surface area contributed by atoms with Crippen LogP contribution in [0, 0.1) is 62.6 Å². The van der Waals surface area contributed by atoms with Gasteiger partial charge in [-0.05, 0) is 127 Å². The molecule has 0 aromatic carbocycles. The minimum atomic E-state index is -0.109. The molecule has 0 aromatic heterocycles. The second-order valence-electron chi connectivity index (χ2n) is 15.1. The van der Waals surface area contributed by atoms with Gasteiger partial charge >= 0.3 is 0 Å². The summed E-state index contributed by atoms with van der Waals surface area (Å²) in [5, 5.41) is 10.9. The van der Waals surface area contributed by atoms with Crippen LogP contribution in [-0.4, -0.2) is 11.2 Å². The average molecular weight is 429 g/mol. The first-order valence-corrected chi connectivity index (χ1v) is 14.0. The largest absolute Gasteiger partial charge is 0.393 e. The second-order valence-corrected chi connectivity index (χ2v) is 15.1. The fraction of sp³-hybridized carbons (Fsp3) is 1.00. The first kappa shape index (κ1) is 22.7. The zero-order valence-corrected chi connectivity index (χ0v) is 22.1. The fourth-order valence-electron chi connectivity index (χ4n) is 11.7. The highest BCUT2D eigenvalue weighted by Crippen LogP contribution is 2.76. The Bertz CT molecular complexity index is 726. The quantitative estimate of drug-likeness (QED) is 0.413. The summed E-state index contributed by atoms with van der Waals surface area (Å²) in [7, 11) is 0. The molecule has 5 aliphatic carbocycles. The van der Waals surface area contributed by atoms with E-state index < -0.39 is 0 Å². The molecule has 1 heteroatoms. The molecular formula is C30H52O. The molecule has 1 N–H and O–H groups in total. The molecule has 0 bridgehead atoms. The molecule has 1 nitrogen and oxygen atoms in total. The van der Waals surface area contributed by atoms with Crippen LogP contribution < -0.4 is 0 Å². The molecule has 178 valence electrons. The summed E-state index contributed by atoms with van der Waals surface area (Å²) in [6, 6.07) is 0. The third kappa shape index (κ3) is 2.71. The molecule has 5 rings (SSSR count). The summed E-state index contributed by atoms with van der Waals surface area (Å²) in [6.45, 7) is 20.8. The predicted octanol–water partition coefficient (Wildman–Crippen LogP) is 8.10. The van der Waals surface area contributed by atoms with Gasteiger partial charge in [0, 0.05) is 0 Å². The Hall–Kier alpha value is -0.0400. The van der Waals surface area contributed by atoms with Crippen LogP contribution in [0.1, 0.15) is 120 Å². The average Bonchev–Trinajstić information content (AvgIpc) is 2.69. The van der Waals surface area contributed by atoms with Gasteiger partial charge in [-0.15, -0.1) is 0 Å². The van der Waals surface area contributed by atoms with Crippen LogP contribution in [0.4, 0.5) is 0 Å². The van der Waals surface area contributed by atoms with Crippen LogP contribution in [-0.2, 0) is 0 Å². The van der Waals surface area contributed by atoms with Gasteiger partial charge in [0.05, 0.1) is 6.10 Å². The number of rotatable bonds is 0. The zero-order valence-electron chi connectivity index (χ0n) is 22.1. The minimum absolute atomic E-state index is 0.0739. The van der Waals surface area contributed by atoms with Gasteiger partial charge in [-0.1, -0.05) is 55.4 Å². The number of hydrogen-bond donors (Lipinski definition) is 1. The van der Waals surface area contributed by atoms with Crippen LogP contribution in [0.25, 0.3) is 0 Å². The highest BCUT2D eigenvalue weighted by molar-refractivity contribution is 5.18. The van der Waals surface area contributed by atoms with E-state index in [1.165, 1.54) is 57.8 Å². The van der Waals surface area contributed by atoms with E-state index in [2.05, 4.69) is 55.4 Å². The molecule has 0 amide bonds. The number of hydrogen-bond acceptors (Lipinski definition) is 1. The van der Waals surface area contributed by atoms with Crippen molar-refractivity contribution in [3.05, 3.63) is 0 Å². The summed E-state index contributed by atoms with van der Waals surface area (Å²) in [5.41, 5.74) is 2.05. The molecule has 5 fully saturated rings. The van der Waals surface area contributed by atoms with Gasteiger partial charge in [0.2, 0.25) is 0 Å². The maximum absolute atomic E-state index is 10.9. The third-order valence-corrected chi connectivity index (χ3v) is 14.0. The van der Waals surface area contributed by atoms with Crippen molar-refractivity contribution in [2.75, 3.05) is 0 Å². The lowest BCUT2D eigenvalue weighted by Gasteiger charge is -2.74. The highest BCUT2D eigenvalue weighted by Gasteiger charge is 2.69. The second kappa shape index (κ2) is 6.76. The summed E-state index contributed by atoms with van der Waals surface area (Å²) < 4.78 is 0. The predicted molar refractivity (Wildman–Crippen MR) is 131 cm³/mol. The molecule has 0 heterocycles. The summed E-state index contributed by atoms with van der Waals surface area (Å²) in [6.07, 6.45) is 13.7. The normalized spacial score (nSPS) is 60.9. The van der Waals surface area contributed by atoms with Crippen molar-refractivity contribution in [1.82, 2.24) is 0 Å². The molecule has 0 aromatic rings. The van der Waals surface area contributed by atoms with Crippen molar-refractivity contribution in [3.63, 3.8) is 0 Å². The lowest BCUT2D eigenvalue weighted by molar-refractivity contribution is -0.256. The molecule has 11 atom stereocenters. The van der Waals surface area contributed by atoms with Crippen LogP contribution >= 0.6 is 0 Å². The van der Waals surface area contributed by atoms with E-state index in [-0.39, 0.29) is 11.5 Å². The SMILES string of the molecule is CC1CCC2(C)CCC3(C)C(CCC4C5(C)CCC(O)C(C)(C)C5CCC43C)C2C1C. The molecule has 0 spiro atoms. The van der Waals surface area contributed by atoms with E-state index in [1.54, 1.807) is 0 Å². The Morgan fingerprint density at radius 1 is 0.645 bits per heavy atom. The maximum Gasteiger partial charge on any atom is 0.0594 e. The minimum Gasteiger partial charge on any atom is -0.393 e. The van der Waals surface area contributed by atoms with Gasteiger partial charge in [0.25, 0.3) is 0 Å². The van der Waals surface area contributed by atoms with Gasteiger partial charge in [-0.3, -0.25) is 0 Å². The summed E-state index contributed by atoms with van der Waals surface area (Å²) >= 11 is 0. The van der Waals surface area contributed by atoms with Gasteiger partial charge in [0.1, 0.15) is 0 Å². The van der Waals surface area contributed by atoms with Gasteiger partial charge < -0.3 is 5.11 Å². The summed E-state index contributed by atoms with van der Waals surface area (Å²) in [5.74, 6) is 5.17. The zero-order chi connectivity index (χ0) is 22.6. The lowest BCUT2D eigenvalue weighted by Crippen LogP contribution is -2.67. The molecule has 0 radical (unpaired) electrons. The van der Waals surface area contributed by atoms with E-state index in [9.17, 15) is 5.11 Å². The first-order chi connectivity index (χ1) is 14.3. The van der Waals surface area contributed by atoms with Crippen molar-refractivity contribution in [2.24, 2.45) is 62.6 Å². The van der Waals surface area contributed by atoms with Crippen LogP contribution in [0.5, 0.6) is 0 Å². The molecular weight excluding hydrogens is 376 g/mol. The summed E-state index contributed by atoms with van der Waals surface area (Å²) in [4.78, 5) is 0. The van der Waals surface area contributed by atoms with E-state index >= 15 is 0 Å². The van der Waals surface area contributed by atoms with Crippen LogP contribution in [0.2, 0.25) is 0 Å². The van der Waals surface area contributed by atoms with Crippen LogP contribution in [0.3, 0.4) is 0 Å². The first-order valence-electron chi connectivity index (χ1n) is 14.0. The topological polar surface area (TPSA) is 20.2 Å². The molecule has 11 unspecified atom stereocenters. The van der Waals surface area contributed by atoms with E-state index in [0.717, 1.165) is 36.0 Å². The number of aliphatic hydroxyl groups is 1. The molecule has 0 aliphatic heterocycles. The smallest absolute Gasteiger partial charge is 0.0594 e. The molecule has 31 heavy (non-hydrogen) atoms. The molecule has 5 saturated carbocycles. The Kier molecular flexibility index (Phi) is 4.96. The standard InChI is InChI=1S/C30H52O/c1-19-11-14-27(5)17-18-29(7)21(25(27)20(19)2)9-10-23-28(6)15-13-24(31)26(3,4)22(28)12-16-30(23,29)8/h19-25,31H,9-18H2,1-8H3. The van der Waals surface area contributed by atoms with Crippen LogP contribution in [0.15, 0.2) is 0 Å². The van der Waals surface area contributed by atoms with Crippen molar-refractivity contribution < 1.29 is 5.11 Å². The van der Waals surface area contributed by atoms with Crippen molar-refractivity contribution in [3.8, 4) is 0 Å². The Labute approximate surface area is 193 Å². The maximum atomic E-state index is 10.9. The Morgan fingerprint density at radius 3 is 2.06 bits per heavy atom. The van der Waals surface area contributed by atoms with E-state index in [0.29, 0.717) is 27.6 Å². The van der Waals surface area contributed by atoms with Crippen molar-refractivity contribution in [1.29, 1.82) is 0 Å². The monoisotopic (exact) mass is 428 g/mol. The Morgan fingerprint density at radius 2 is 1.35 bits per heavy atom. The van der Waals surface area contributed by atoms with Gasteiger partial charge in [-0.25, -0.2) is 0 Å². The number of fused-ring (bicyclic) bond motifs is 7. The molecule has 5 aliphatic rings. The highest BCUT2D eigenvalue weighted by atomic mass is 16.3. The van der Waals surface area contributed by atoms with E-state index in [1.807, 2.05) is 0 Å².